The summed E-state index contributed by atoms with van der Waals surface area (Å²) in [7, 11) is 0. The van der Waals surface area contributed by atoms with Crippen molar-refractivity contribution in [2.24, 2.45) is 0 Å². The highest BCUT2D eigenvalue weighted by Crippen LogP contribution is 2.35. The first kappa shape index (κ1) is 14.3. The third-order valence-corrected chi connectivity index (χ3v) is 2.76. The predicted octanol–water partition coefficient (Wildman–Crippen LogP) is 3.57. The summed E-state index contributed by atoms with van der Waals surface area (Å²) in [6, 6.07) is 1.96. The zero-order valence-electron chi connectivity index (χ0n) is 9.65. The van der Waals surface area contributed by atoms with E-state index < -0.39 is 35.0 Å². The second kappa shape index (κ2) is 5.46. The molecule has 1 heterocycles. The number of hydrogen-bond acceptors (Lipinski definition) is 3. The lowest BCUT2D eigenvalue weighted by atomic mass is 10.0. The number of alkyl halides is 2. The van der Waals surface area contributed by atoms with Gasteiger partial charge in [-0.3, -0.25) is 4.98 Å². The number of carbonyl (C=O) groups is 1. The molecule has 0 atom stereocenters. The van der Waals surface area contributed by atoms with Crippen LogP contribution < -0.4 is 0 Å². The van der Waals surface area contributed by atoms with Gasteiger partial charge in [0.25, 0.3) is 6.43 Å². The third-order valence-electron chi connectivity index (χ3n) is 2.47. The molecule has 0 aliphatic carbocycles. The van der Waals surface area contributed by atoms with Gasteiger partial charge in [0.05, 0.1) is 23.1 Å². The zero-order chi connectivity index (χ0) is 14.9. The summed E-state index contributed by atoms with van der Waals surface area (Å²) in [5.74, 6) is -2.50. The first-order valence-corrected chi connectivity index (χ1v) is 5.61. The summed E-state index contributed by atoms with van der Waals surface area (Å²) in [5.41, 5.74) is -1.99. The van der Waals surface area contributed by atoms with Crippen LogP contribution in [0.1, 0.15) is 22.5 Å². The van der Waals surface area contributed by atoms with Crippen LogP contribution in [0.3, 0.4) is 0 Å². The van der Waals surface area contributed by atoms with Crippen molar-refractivity contribution in [3.8, 4) is 11.3 Å². The molecule has 1 aromatic heterocycles. The van der Waals surface area contributed by atoms with Gasteiger partial charge in [0.2, 0.25) is 0 Å². The second-order valence-corrected chi connectivity index (χ2v) is 4.13. The van der Waals surface area contributed by atoms with Crippen molar-refractivity contribution in [2.75, 3.05) is 0 Å². The molecule has 0 unspecified atom stereocenters. The highest BCUT2D eigenvalue weighted by molar-refractivity contribution is 6.31. The third kappa shape index (κ3) is 2.57. The van der Waals surface area contributed by atoms with E-state index >= 15 is 0 Å². The van der Waals surface area contributed by atoms with Crippen molar-refractivity contribution >= 4 is 17.6 Å². The van der Waals surface area contributed by atoms with Gasteiger partial charge in [-0.1, -0.05) is 17.7 Å². The Hall–Kier alpha value is -2.15. The Morgan fingerprint density at radius 2 is 2.00 bits per heavy atom. The van der Waals surface area contributed by atoms with E-state index in [1.54, 1.807) is 0 Å². The molecule has 4 nitrogen and oxygen atoms in total. The maximum atomic E-state index is 14.0. The van der Waals surface area contributed by atoms with Gasteiger partial charge in [0.1, 0.15) is 0 Å². The molecule has 0 aliphatic rings. The maximum Gasteiger partial charge on any atom is 0.356 e. The van der Waals surface area contributed by atoms with Crippen molar-refractivity contribution < 1.29 is 23.1 Å². The largest absolute Gasteiger partial charge is 0.476 e. The normalized spacial score (nSPS) is 10.8. The fourth-order valence-corrected chi connectivity index (χ4v) is 1.75. The molecule has 0 spiro atoms. The molecule has 2 rings (SSSR count). The molecular formula is C12H6ClF3N2O2. The van der Waals surface area contributed by atoms with Gasteiger partial charge in [-0.15, -0.1) is 0 Å². The summed E-state index contributed by atoms with van der Waals surface area (Å²) in [4.78, 5) is 17.9. The average Bonchev–Trinajstić information content (AvgIpc) is 2.41. The average molecular weight is 303 g/mol. The molecule has 1 N–H and O–H groups in total. The number of carboxylic acid groups (broad SMARTS) is 1. The summed E-state index contributed by atoms with van der Waals surface area (Å²) < 4.78 is 39.8. The van der Waals surface area contributed by atoms with Crippen LogP contribution in [-0.2, 0) is 0 Å². The Morgan fingerprint density at radius 3 is 2.60 bits per heavy atom. The predicted molar refractivity (Wildman–Crippen MR) is 64.4 cm³/mol. The van der Waals surface area contributed by atoms with Gasteiger partial charge in [-0.2, -0.15) is 0 Å². The van der Waals surface area contributed by atoms with Gasteiger partial charge in [0.15, 0.2) is 11.5 Å². The quantitative estimate of drug-likeness (QED) is 0.941. The molecule has 0 bridgehead atoms. The van der Waals surface area contributed by atoms with E-state index in [1.165, 1.54) is 0 Å². The Morgan fingerprint density at radius 1 is 1.30 bits per heavy atom. The van der Waals surface area contributed by atoms with Gasteiger partial charge in [0, 0.05) is 11.1 Å². The van der Waals surface area contributed by atoms with Crippen LogP contribution in [0.5, 0.6) is 0 Å². The molecule has 0 amide bonds. The van der Waals surface area contributed by atoms with Crippen LogP contribution in [0.25, 0.3) is 11.3 Å². The van der Waals surface area contributed by atoms with E-state index in [-0.39, 0.29) is 10.7 Å². The summed E-state index contributed by atoms with van der Waals surface area (Å²) >= 11 is 5.56. The summed E-state index contributed by atoms with van der Waals surface area (Å²) in [6.07, 6.45) is -1.05. The van der Waals surface area contributed by atoms with Gasteiger partial charge in [-0.05, 0) is 6.07 Å². The Balaban J connectivity index is 2.71. The minimum absolute atomic E-state index is 0.319. The molecule has 20 heavy (non-hydrogen) atoms. The molecule has 0 saturated heterocycles. The van der Waals surface area contributed by atoms with Crippen LogP contribution in [0.2, 0.25) is 5.02 Å². The van der Waals surface area contributed by atoms with Gasteiger partial charge < -0.3 is 5.11 Å². The molecule has 1 aromatic carbocycles. The maximum absolute atomic E-state index is 14.0. The highest BCUT2D eigenvalue weighted by atomic mass is 35.5. The van der Waals surface area contributed by atoms with Crippen LogP contribution in [-0.4, -0.2) is 21.0 Å². The van der Waals surface area contributed by atoms with Crippen molar-refractivity contribution in [3.05, 3.63) is 46.6 Å². The number of aromatic carboxylic acids is 1. The number of carboxylic acids is 1. The smallest absolute Gasteiger partial charge is 0.356 e. The van der Waals surface area contributed by atoms with Gasteiger partial charge >= 0.3 is 5.97 Å². The lowest BCUT2D eigenvalue weighted by Gasteiger charge is -2.10. The minimum Gasteiger partial charge on any atom is -0.476 e. The van der Waals surface area contributed by atoms with Crippen LogP contribution in [0.15, 0.2) is 24.5 Å². The van der Waals surface area contributed by atoms with Crippen molar-refractivity contribution in [3.63, 3.8) is 0 Å². The fourth-order valence-electron chi connectivity index (χ4n) is 1.60. The molecule has 8 heteroatoms. The van der Waals surface area contributed by atoms with Crippen LogP contribution >= 0.6 is 11.6 Å². The zero-order valence-corrected chi connectivity index (χ0v) is 10.4. The van der Waals surface area contributed by atoms with Crippen molar-refractivity contribution in [2.45, 2.75) is 6.43 Å². The molecule has 0 radical (unpaired) electrons. The van der Waals surface area contributed by atoms with Crippen LogP contribution in [0.4, 0.5) is 13.2 Å². The van der Waals surface area contributed by atoms with E-state index in [0.717, 1.165) is 24.5 Å². The fraction of sp³-hybridized carbons (Fsp3) is 0.0833. The summed E-state index contributed by atoms with van der Waals surface area (Å²) in [6.45, 7) is 0. The van der Waals surface area contributed by atoms with E-state index in [0.29, 0.717) is 0 Å². The Labute approximate surface area is 115 Å². The number of benzene rings is 1. The number of aromatic nitrogens is 2. The van der Waals surface area contributed by atoms with Crippen molar-refractivity contribution in [1.29, 1.82) is 0 Å². The molecule has 0 fully saturated rings. The van der Waals surface area contributed by atoms with E-state index in [9.17, 15) is 18.0 Å². The van der Waals surface area contributed by atoms with E-state index in [4.69, 9.17) is 16.7 Å². The monoisotopic (exact) mass is 302 g/mol. The van der Waals surface area contributed by atoms with Crippen molar-refractivity contribution in [1.82, 2.24) is 9.97 Å². The lowest BCUT2D eigenvalue weighted by Crippen LogP contribution is -2.04. The number of nitrogens with zero attached hydrogens (tertiary/aromatic N) is 2. The number of rotatable bonds is 3. The molecule has 0 aliphatic heterocycles. The standard InChI is InChI=1S/C12H6ClF3N2O2/c13-6-2-1-5(11(15)16)9(10(6)14)7-3-17-4-8(18-7)12(19)20/h1-4,11H,(H,19,20). The summed E-state index contributed by atoms with van der Waals surface area (Å²) in [5, 5.41) is 8.42. The van der Waals surface area contributed by atoms with E-state index in [2.05, 4.69) is 9.97 Å². The van der Waals surface area contributed by atoms with Gasteiger partial charge in [-0.25, -0.2) is 22.9 Å². The second-order valence-electron chi connectivity index (χ2n) is 3.72. The Bertz CT molecular complexity index is 680. The first-order chi connectivity index (χ1) is 9.41. The number of hydrogen-bond donors (Lipinski definition) is 1. The molecule has 104 valence electrons. The molecule has 0 saturated carbocycles. The SMILES string of the molecule is O=C(O)c1cncc(-c2c(C(F)F)ccc(Cl)c2F)n1. The first-order valence-electron chi connectivity index (χ1n) is 5.23. The Kier molecular flexibility index (Phi) is 3.89. The van der Waals surface area contributed by atoms with E-state index in [1.807, 2.05) is 0 Å². The minimum atomic E-state index is -2.97. The van der Waals surface area contributed by atoms with Crippen LogP contribution in [0, 0.1) is 5.82 Å². The highest BCUT2D eigenvalue weighted by Gasteiger charge is 2.22. The lowest BCUT2D eigenvalue weighted by molar-refractivity contribution is 0.0690. The topological polar surface area (TPSA) is 63.1 Å². The molecule has 2 aromatic rings. The number of halogens is 4. The molecular weight excluding hydrogens is 297 g/mol.